The fourth-order valence-corrected chi connectivity index (χ4v) is 4.68. The molecular formula is C22H17F3N4O3S. The average molecular weight is 474 g/mol. The maximum Gasteiger partial charge on any atom is 0.416 e. The van der Waals surface area contributed by atoms with Crippen molar-refractivity contribution in [1.29, 1.82) is 10.5 Å². The number of hydrogen-bond acceptors (Lipinski definition) is 5. The van der Waals surface area contributed by atoms with E-state index in [1.165, 1.54) is 38.1 Å². The Morgan fingerprint density at radius 3 is 2.39 bits per heavy atom. The number of carbonyl (C=O) groups excluding carboxylic acids is 1. The van der Waals surface area contributed by atoms with Crippen LogP contribution in [0, 0.1) is 22.7 Å². The Labute approximate surface area is 188 Å². The van der Waals surface area contributed by atoms with E-state index in [4.69, 9.17) is 5.26 Å². The zero-order chi connectivity index (χ0) is 24.6. The molecule has 2 amide bonds. The molecule has 0 unspecified atom stereocenters. The van der Waals surface area contributed by atoms with Gasteiger partial charge in [-0.25, -0.2) is 13.2 Å². The van der Waals surface area contributed by atoms with Gasteiger partial charge in [-0.3, -0.25) is 4.90 Å². The third-order valence-corrected chi connectivity index (χ3v) is 6.99. The smallest absolute Gasteiger partial charge is 0.326 e. The van der Waals surface area contributed by atoms with Crippen molar-refractivity contribution in [3.05, 3.63) is 70.4 Å². The van der Waals surface area contributed by atoms with Crippen LogP contribution in [0.25, 0.3) is 0 Å². The number of nitriles is 2. The molecule has 0 spiro atoms. The summed E-state index contributed by atoms with van der Waals surface area (Å²) in [6.45, 7) is 2.81. The van der Waals surface area contributed by atoms with E-state index in [0.29, 0.717) is 0 Å². The molecule has 1 N–H and O–H groups in total. The Kier molecular flexibility index (Phi) is 6.21. The van der Waals surface area contributed by atoms with E-state index in [2.05, 4.69) is 5.32 Å². The van der Waals surface area contributed by atoms with E-state index in [1.54, 1.807) is 0 Å². The first-order chi connectivity index (χ1) is 15.4. The molecule has 11 heteroatoms. The summed E-state index contributed by atoms with van der Waals surface area (Å²) < 4.78 is 64.8. The predicted molar refractivity (Wildman–Crippen MR) is 112 cm³/mol. The summed E-state index contributed by atoms with van der Waals surface area (Å²) in [7, 11) is -3.84. The van der Waals surface area contributed by atoms with E-state index in [9.17, 15) is 31.6 Å². The van der Waals surface area contributed by atoms with Crippen LogP contribution < -0.4 is 10.2 Å². The van der Waals surface area contributed by atoms with Crippen molar-refractivity contribution in [2.45, 2.75) is 31.0 Å². The highest BCUT2D eigenvalue weighted by Gasteiger charge is 2.37. The lowest BCUT2D eigenvalue weighted by atomic mass is 9.94. The maximum absolute atomic E-state index is 13.1. The third-order valence-electron chi connectivity index (χ3n) is 5.21. The molecule has 0 aromatic heterocycles. The van der Waals surface area contributed by atoms with Crippen LogP contribution in [0.3, 0.4) is 0 Å². The summed E-state index contributed by atoms with van der Waals surface area (Å²) in [6, 6.07) is 9.74. The number of allylic oxidation sites excluding steroid dienone is 1. The van der Waals surface area contributed by atoms with Crippen LogP contribution >= 0.6 is 0 Å². The lowest BCUT2D eigenvalue weighted by molar-refractivity contribution is -0.137. The highest BCUT2D eigenvalue weighted by atomic mass is 32.2. The molecule has 0 bridgehead atoms. The van der Waals surface area contributed by atoms with Crippen LogP contribution in [-0.4, -0.2) is 20.2 Å². The molecule has 0 radical (unpaired) electrons. The monoisotopic (exact) mass is 474 g/mol. The van der Waals surface area contributed by atoms with Crippen molar-refractivity contribution < 1.29 is 26.4 Å². The van der Waals surface area contributed by atoms with E-state index >= 15 is 0 Å². The average Bonchev–Trinajstić information content (AvgIpc) is 2.78. The summed E-state index contributed by atoms with van der Waals surface area (Å²) >= 11 is 0. The van der Waals surface area contributed by atoms with Crippen molar-refractivity contribution in [3.8, 4) is 12.1 Å². The van der Waals surface area contributed by atoms with Gasteiger partial charge in [0.15, 0.2) is 9.84 Å². The Bertz CT molecular complexity index is 1350. The molecule has 0 saturated carbocycles. The zero-order valence-corrected chi connectivity index (χ0v) is 18.3. The Balaban J connectivity index is 2.19. The predicted octanol–water partition coefficient (Wildman–Crippen LogP) is 4.44. The number of anilines is 1. The molecule has 0 aliphatic carbocycles. The quantitative estimate of drug-likeness (QED) is 0.704. The fraction of sp³-hybridized carbons (Fsp3) is 0.227. The van der Waals surface area contributed by atoms with E-state index < -0.39 is 33.6 Å². The van der Waals surface area contributed by atoms with Crippen LogP contribution in [0.5, 0.6) is 0 Å². The van der Waals surface area contributed by atoms with Crippen molar-refractivity contribution in [3.63, 3.8) is 0 Å². The van der Waals surface area contributed by atoms with Gasteiger partial charge in [0.05, 0.1) is 51.2 Å². The molecule has 0 fully saturated rings. The Morgan fingerprint density at radius 1 is 1.12 bits per heavy atom. The van der Waals surface area contributed by atoms with Gasteiger partial charge in [0.25, 0.3) is 0 Å². The van der Waals surface area contributed by atoms with Gasteiger partial charge in [0, 0.05) is 5.70 Å². The molecule has 1 heterocycles. The maximum atomic E-state index is 13.1. The largest absolute Gasteiger partial charge is 0.416 e. The molecule has 3 rings (SSSR count). The highest BCUT2D eigenvalue weighted by molar-refractivity contribution is 7.91. The number of alkyl halides is 3. The first-order valence-corrected chi connectivity index (χ1v) is 11.3. The molecular weight excluding hydrogens is 457 g/mol. The number of rotatable bonds is 4. The van der Waals surface area contributed by atoms with Gasteiger partial charge in [0.2, 0.25) is 0 Å². The van der Waals surface area contributed by atoms with E-state index in [-0.39, 0.29) is 38.7 Å². The summed E-state index contributed by atoms with van der Waals surface area (Å²) in [5, 5.41) is 21.5. The summed E-state index contributed by atoms with van der Waals surface area (Å²) in [6.07, 6.45) is -4.63. The van der Waals surface area contributed by atoms with E-state index in [1.807, 2.05) is 12.1 Å². The topological polar surface area (TPSA) is 114 Å². The van der Waals surface area contributed by atoms with Gasteiger partial charge >= 0.3 is 12.2 Å². The van der Waals surface area contributed by atoms with Gasteiger partial charge in [-0.2, -0.15) is 23.7 Å². The zero-order valence-electron chi connectivity index (χ0n) is 17.4. The van der Waals surface area contributed by atoms with Crippen LogP contribution in [0.1, 0.15) is 36.6 Å². The number of hydrogen-bond donors (Lipinski definition) is 1. The number of urea groups is 1. The number of sulfone groups is 1. The second-order valence-corrected chi connectivity index (χ2v) is 9.39. The van der Waals surface area contributed by atoms with Crippen LogP contribution in [-0.2, 0) is 16.0 Å². The highest BCUT2D eigenvalue weighted by Crippen LogP contribution is 2.38. The molecule has 2 aromatic rings. The van der Waals surface area contributed by atoms with Crippen molar-refractivity contribution in [1.82, 2.24) is 5.32 Å². The summed E-state index contributed by atoms with van der Waals surface area (Å²) in [4.78, 5) is 13.7. The lowest BCUT2D eigenvalue weighted by Crippen LogP contribution is -2.46. The minimum atomic E-state index is -4.63. The number of nitrogens with zero attached hydrogens (tertiary/aromatic N) is 3. The Hall–Kier alpha value is -3.83. The number of carbonyl (C=O) groups is 1. The molecule has 2 aromatic carbocycles. The molecule has 7 nitrogen and oxygen atoms in total. The van der Waals surface area contributed by atoms with Crippen LogP contribution in [0.15, 0.2) is 58.6 Å². The SMILES string of the molecule is CCS(=O)(=O)c1cc(C#N)ccc1[C@H]1NC(=O)N(c2cccc(C(F)(F)F)c2)C(C)=C1C#N. The molecule has 1 aliphatic heterocycles. The molecule has 1 aliphatic rings. The van der Waals surface area contributed by atoms with Crippen molar-refractivity contribution in [2.75, 3.05) is 10.7 Å². The fourth-order valence-electron chi connectivity index (χ4n) is 3.52. The number of benzene rings is 2. The van der Waals surface area contributed by atoms with Gasteiger partial charge < -0.3 is 5.32 Å². The molecule has 33 heavy (non-hydrogen) atoms. The Morgan fingerprint density at radius 2 is 1.82 bits per heavy atom. The van der Waals surface area contributed by atoms with Crippen molar-refractivity contribution in [2.24, 2.45) is 0 Å². The van der Waals surface area contributed by atoms with Gasteiger partial charge in [-0.1, -0.05) is 19.1 Å². The second kappa shape index (κ2) is 8.60. The first kappa shape index (κ1) is 23.8. The summed E-state index contributed by atoms with van der Waals surface area (Å²) in [5.74, 6) is -0.281. The minimum absolute atomic E-state index is 0.0507. The number of amides is 2. The van der Waals surface area contributed by atoms with Gasteiger partial charge in [0.1, 0.15) is 0 Å². The van der Waals surface area contributed by atoms with Gasteiger partial charge in [-0.15, -0.1) is 0 Å². The summed E-state index contributed by atoms with van der Waals surface area (Å²) in [5.41, 5.74) is -0.905. The standard InChI is InChI=1S/C22H17F3N4O3S/c1-3-33(31,32)19-9-14(11-26)7-8-17(19)20-18(12-27)13(2)29(21(30)28-20)16-6-4-5-15(10-16)22(23,24)25/h4-10,20H,3H2,1-2H3,(H,28,30)/t20-/m1/s1. The lowest BCUT2D eigenvalue weighted by Gasteiger charge is -2.34. The molecule has 0 saturated heterocycles. The van der Waals surface area contributed by atoms with Crippen LogP contribution in [0.2, 0.25) is 0 Å². The third kappa shape index (κ3) is 4.41. The molecule has 1 atom stereocenters. The second-order valence-electron chi connectivity index (χ2n) is 7.14. The van der Waals surface area contributed by atoms with Crippen LogP contribution in [0.4, 0.5) is 23.7 Å². The first-order valence-electron chi connectivity index (χ1n) is 9.60. The van der Waals surface area contributed by atoms with Gasteiger partial charge in [-0.05, 0) is 42.8 Å². The molecule has 170 valence electrons. The van der Waals surface area contributed by atoms with Crippen molar-refractivity contribution >= 4 is 21.6 Å². The normalized spacial score (nSPS) is 16.8. The minimum Gasteiger partial charge on any atom is -0.326 e. The number of halogens is 3. The number of nitrogens with one attached hydrogen (secondary N) is 1. The van der Waals surface area contributed by atoms with E-state index in [0.717, 1.165) is 23.1 Å².